The highest BCUT2D eigenvalue weighted by molar-refractivity contribution is 7.10. The van der Waals surface area contributed by atoms with E-state index < -0.39 is 0 Å². The molecule has 1 aromatic rings. The van der Waals surface area contributed by atoms with Crippen molar-refractivity contribution in [2.75, 3.05) is 19.6 Å². The van der Waals surface area contributed by atoms with Gasteiger partial charge in [0.15, 0.2) is 0 Å². The molecule has 1 aromatic heterocycles. The lowest BCUT2D eigenvalue weighted by Crippen LogP contribution is -2.56. The lowest BCUT2D eigenvalue weighted by atomic mass is 10.1. The van der Waals surface area contributed by atoms with Crippen LogP contribution in [0.15, 0.2) is 0 Å². The first kappa shape index (κ1) is 10.3. The van der Waals surface area contributed by atoms with E-state index in [0.29, 0.717) is 6.04 Å². The number of hydrogen-bond acceptors (Lipinski definition) is 5. The summed E-state index contributed by atoms with van der Waals surface area (Å²) in [7, 11) is 0. The average Bonchev–Trinajstić information content (AvgIpc) is 2.47. The summed E-state index contributed by atoms with van der Waals surface area (Å²) in [6, 6.07) is 0.637. The molecule has 14 heavy (non-hydrogen) atoms. The van der Waals surface area contributed by atoms with Crippen molar-refractivity contribution in [2.24, 2.45) is 0 Å². The zero-order valence-corrected chi connectivity index (χ0v) is 9.61. The lowest BCUT2D eigenvalue weighted by Gasteiger charge is -2.37. The van der Waals surface area contributed by atoms with E-state index in [9.17, 15) is 0 Å². The molecule has 78 valence electrons. The monoisotopic (exact) mass is 232 g/mol. The van der Waals surface area contributed by atoms with Gasteiger partial charge in [0.2, 0.25) is 0 Å². The van der Waals surface area contributed by atoms with Crippen LogP contribution in [0.25, 0.3) is 0 Å². The van der Waals surface area contributed by atoms with Gasteiger partial charge in [-0.2, -0.15) is 0 Å². The van der Waals surface area contributed by atoms with E-state index >= 15 is 0 Å². The van der Waals surface area contributed by atoms with Crippen LogP contribution in [0.5, 0.6) is 0 Å². The third-order valence-electron chi connectivity index (χ3n) is 2.54. The van der Waals surface area contributed by atoms with Crippen LogP contribution in [-0.2, 0) is 6.54 Å². The first-order valence-electron chi connectivity index (χ1n) is 4.72. The molecule has 1 saturated heterocycles. The molecule has 1 fully saturated rings. The van der Waals surface area contributed by atoms with Crippen LogP contribution < -0.4 is 5.32 Å². The Morgan fingerprint density at radius 1 is 1.64 bits per heavy atom. The molecule has 0 atom stereocenters. The highest BCUT2D eigenvalue weighted by atomic mass is 35.5. The van der Waals surface area contributed by atoms with E-state index in [2.05, 4.69) is 26.7 Å². The molecule has 0 amide bonds. The standard InChI is InChI=1S/C8H13ClN4S/c1-2-13(6-3-10-4-6)5-7-8(9)14-12-11-7/h6,10H,2-5H2,1H3. The van der Waals surface area contributed by atoms with Crippen LogP contribution in [0, 0.1) is 0 Å². The van der Waals surface area contributed by atoms with Gasteiger partial charge in [-0.3, -0.25) is 4.90 Å². The Morgan fingerprint density at radius 3 is 2.86 bits per heavy atom. The number of nitrogens with zero attached hydrogens (tertiary/aromatic N) is 3. The van der Waals surface area contributed by atoms with Crippen LogP contribution in [0.1, 0.15) is 12.6 Å². The fourth-order valence-electron chi connectivity index (χ4n) is 1.51. The van der Waals surface area contributed by atoms with E-state index in [1.54, 1.807) is 0 Å². The van der Waals surface area contributed by atoms with E-state index in [1.807, 2.05) is 0 Å². The number of aromatic nitrogens is 2. The summed E-state index contributed by atoms with van der Waals surface area (Å²) in [5, 5.41) is 7.28. The third kappa shape index (κ3) is 2.06. The number of halogens is 1. The van der Waals surface area contributed by atoms with Crippen LogP contribution >= 0.6 is 23.1 Å². The van der Waals surface area contributed by atoms with Crippen LogP contribution in [0.2, 0.25) is 4.34 Å². The smallest absolute Gasteiger partial charge is 0.138 e. The maximum Gasteiger partial charge on any atom is 0.138 e. The van der Waals surface area contributed by atoms with Crippen molar-refractivity contribution in [3.05, 3.63) is 10.0 Å². The Labute approximate surface area is 92.4 Å². The van der Waals surface area contributed by atoms with Crippen molar-refractivity contribution in [1.82, 2.24) is 19.8 Å². The molecule has 0 aliphatic carbocycles. The summed E-state index contributed by atoms with van der Waals surface area (Å²) in [4.78, 5) is 2.37. The van der Waals surface area contributed by atoms with Gasteiger partial charge in [-0.1, -0.05) is 23.0 Å². The summed E-state index contributed by atoms with van der Waals surface area (Å²) < 4.78 is 4.55. The van der Waals surface area contributed by atoms with Crippen LogP contribution in [0.3, 0.4) is 0 Å². The van der Waals surface area contributed by atoms with Gasteiger partial charge in [-0.15, -0.1) is 5.10 Å². The third-order valence-corrected chi connectivity index (χ3v) is 3.53. The first-order valence-corrected chi connectivity index (χ1v) is 5.88. The minimum atomic E-state index is 0.637. The van der Waals surface area contributed by atoms with Gasteiger partial charge in [-0.25, -0.2) is 0 Å². The number of rotatable bonds is 4. The van der Waals surface area contributed by atoms with Crippen LogP contribution in [0.4, 0.5) is 0 Å². The van der Waals surface area contributed by atoms with Gasteiger partial charge < -0.3 is 5.32 Å². The molecule has 1 aliphatic heterocycles. The minimum Gasteiger partial charge on any atom is -0.314 e. The zero-order chi connectivity index (χ0) is 9.97. The second-order valence-corrected chi connectivity index (χ2v) is 4.72. The second-order valence-electron chi connectivity index (χ2n) is 3.37. The molecule has 0 bridgehead atoms. The van der Waals surface area contributed by atoms with E-state index in [1.165, 1.54) is 11.5 Å². The van der Waals surface area contributed by atoms with Gasteiger partial charge in [-0.05, 0) is 6.54 Å². The molecule has 0 radical (unpaired) electrons. The highest BCUT2D eigenvalue weighted by Crippen LogP contribution is 2.20. The predicted molar refractivity (Wildman–Crippen MR) is 57.7 cm³/mol. The molecule has 0 spiro atoms. The van der Waals surface area contributed by atoms with Crippen molar-refractivity contribution < 1.29 is 0 Å². The Morgan fingerprint density at radius 2 is 2.43 bits per heavy atom. The molecular weight excluding hydrogens is 220 g/mol. The minimum absolute atomic E-state index is 0.637. The topological polar surface area (TPSA) is 41.1 Å². The van der Waals surface area contributed by atoms with E-state index in [4.69, 9.17) is 11.6 Å². The Balaban J connectivity index is 1.97. The molecule has 0 unspecified atom stereocenters. The molecule has 2 rings (SSSR count). The molecule has 2 heterocycles. The molecule has 6 heteroatoms. The largest absolute Gasteiger partial charge is 0.314 e. The number of nitrogens with one attached hydrogen (secondary N) is 1. The fraction of sp³-hybridized carbons (Fsp3) is 0.750. The maximum atomic E-state index is 5.96. The van der Waals surface area contributed by atoms with Crippen molar-refractivity contribution in [1.29, 1.82) is 0 Å². The van der Waals surface area contributed by atoms with E-state index in [0.717, 1.165) is 36.2 Å². The van der Waals surface area contributed by atoms with Gasteiger partial charge in [0, 0.05) is 37.2 Å². The normalized spacial score (nSPS) is 17.4. The first-order chi connectivity index (χ1) is 6.81. The Bertz CT molecular complexity index is 299. The summed E-state index contributed by atoms with van der Waals surface area (Å²) in [6.07, 6.45) is 0. The van der Waals surface area contributed by atoms with E-state index in [-0.39, 0.29) is 0 Å². The van der Waals surface area contributed by atoms with Crippen LogP contribution in [-0.4, -0.2) is 40.2 Å². The number of hydrogen-bond donors (Lipinski definition) is 1. The predicted octanol–water partition coefficient (Wildman–Crippen LogP) is 0.985. The Kier molecular flexibility index (Phi) is 3.33. The fourth-order valence-corrected chi connectivity index (χ4v) is 2.13. The molecule has 4 nitrogen and oxygen atoms in total. The van der Waals surface area contributed by atoms with Gasteiger partial charge >= 0.3 is 0 Å². The molecule has 1 aliphatic rings. The SMILES string of the molecule is CCN(Cc1nnsc1Cl)C1CNC1. The van der Waals surface area contributed by atoms with Crippen molar-refractivity contribution in [3.8, 4) is 0 Å². The highest BCUT2D eigenvalue weighted by Gasteiger charge is 2.24. The summed E-state index contributed by atoms with van der Waals surface area (Å²) in [5.74, 6) is 0. The second kappa shape index (κ2) is 4.53. The van der Waals surface area contributed by atoms with Gasteiger partial charge in [0.05, 0.1) is 0 Å². The quantitative estimate of drug-likeness (QED) is 0.841. The van der Waals surface area contributed by atoms with Crippen molar-refractivity contribution in [2.45, 2.75) is 19.5 Å². The Hall–Kier alpha value is -0.230. The van der Waals surface area contributed by atoms with Crippen molar-refractivity contribution >= 4 is 23.1 Å². The van der Waals surface area contributed by atoms with Gasteiger partial charge in [0.25, 0.3) is 0 Å². The maximum absolute atomic E-state index is 5.96. The number of likely N-dealkylation sites (N-methyl/N-ethyl adjacent to an activating group) is 1. The molecule has 0 saturated carbocycles. The summed E-state index contributed by atoms with van der Waals surface area (Å²) >= 11 is 7.21. The molecule has 0 aromatic carbocycles. The summed E-state index contributed by atoms with van der Waals surface area (Å²) in [6.45, 7) is 6.15. The zero-order valence-electron chi connectivity index (χ0n) is 8.03. The lowest BCUT2D eigenvalue weighted by molar-refractivity contribution is 0.143. The van der Waals surface area contributed by atoms with Crippen molar-refractivity contribution in [3.63, 3.8) is 0 Å². The van der Waals surface area contributed by atoms with Gasteiger partial charge in [0.1, 0.15) is 10.0 Å². The molecule has 1 N–H and O–H groups in total. The summed E-state index contributed by atoms with van der Waals surface area (Å²) in [5.41, 5.74) is 0.908. The molecular formula is C8H13ClN4S. The average molecular weight is 233 g/mol.